The number of rotatable bonds is 5. The number of carbonyl (C=O) groups excluding carboxylic acids is 1. The predicted molar refractivity (Wildman–Crippen MR) is 113 cm³/mol. The number of ether oxygens (including phenoxy) is 1. The van der Waals surface area contributed by atoms with Crippen molar-refractivity contribution in [2.24, 2.45) is 0 Å². The van der Waals surface area contributed by atoms with Gasteiger partial charge in [0, 0.05) is 36.2 Å². The van der Waals surface area contributed by atoms with Crippen molar-refractivity contribution >= 4 is 38.5 Å². The highest BCUT2D eigenvalue weighted by molar-refractivity contribution is 7.89. The van der Waals surface area contributed by atoms with Crippen molar-refractivity contribution in [1.82, 2.24) is 8.87 Å². The van der Waals surface area contributed by atoms with E-state index in [2.05, 4.69) is 0 Å². The van der Waals surface area contributed by atoms with Crippen molar-refractivity contribution in [3.05, 3.63) is 75.0 Å². The Morgan fingerprint density at radius 2 is 1.84 bits per heavy atom. The molecule has 0 unspecified atom stereocenters. The summed E-state index contributed by atoms with van der Waals surface area (Å²) in [6.45, 7) is 1.16. The molecule has 0 saturated carbocycles. The quantitative estimate of drug-likeness (QED) is 0.562. The average Bonchev–Trinajstić information content (AvgIpc) is 2.77. The minimum Gasteiger partial charge on any atom is -0.545 e. The summed E-state index contributed by atoms with van der Waals surface area (Å²) in [7, 11) is -3.86. The summed E-state index contributed by atoms with van der Waals surface area (Å²) in [5.41, 5.74) is -0.260. The molecule has 4 rings (SSSR count). The molecule has 2 aromatic carbocycles. The van der Waals surface area contributed by atoms with E-state index in [0.29, 0.717) is 16.1 Å². The lowest BCUT2D eigenvalue weighted by Crippen LogP contribution is -2.40. The fourth-order valence-electron chi connectivity index (χ4n) is 3.56. The maximum Gasteiger partial charge on any atom is 0.243 e. The largest absolute Gasteiger partial charge is 0.545 e. The zero-order valence-corrected chi connectivity index (χ0v) is 17.9. The maximum absolute atomic E-state index is 13.0. The van der Waals surface area contributed by atoms with Gasteiger partial charge < -0.3 is 19.2 Å². The van der Waals surface area contributed by atoms with Crippen molar-refractivity contribution in [3.63, 3.8) is 0 Å². The lowest BCUT2D eigenvalue weighted by atomic mass is 10.1. The van der Waals surface area contributed by atoms with E-state index >= 15 is 0 Å². The molecule has 0 amide bonds. The molecule has 3 aromatic rings. The highest BCUT2D eigenvalue weighted by atomic mass is 35.5. The maximum atomic E-state index is 13.0. The highest BCUT2D eigenvalue weighted by Gasteiger charge is 2.27. The number of halogens is 1. The first-order chi connectivity index (χ1) is 14.8. The molecule has 2 heterocycles. The number of fused-ring (bicyclic) bond motifs is 1. The Morgan fingerprint density at radius 3 is 2.52 bits per heavy atom. The number of hydrogen-bond donors (Lipinski definition) is 0. The second-order valence-electron chi connectivity index (χ2n) is 7.07. The van der Waals surface area contributed by atoms with Crippen LogP contribution < -0.4 is 10.5 Å². The number of aromatic nitrogens is 1. The Kier molecular flexibility index (Phi) is 5.85. The topological polar surface area (TPSA) is 109 Å². The number of morpholine rings is 1. The monoisotopic (exact) mass is 461 g/mol. The van der Waals surface area contributed by atoms with Gasteiger partial charge in [0.2, 0.25) is 10.0 Å². The molecule has 162 valence electrons. The van der Waals surface area contributed by atoms with Crippen molar-refractivity contribution < 1.29 is 23.1 Å². The molecule has 10 heteroatoms. The van der Waals surface area contributed by atoms with E-state index in [1.165, 1.54) is 28.7 Å². The van der Waals surface area contributed by atoms with Crippen LogP contribution in [0.3, 0.4) is 0 Å². The van der Waals surface area contributed by atoms with Gasteiger partial charge in [-0.3, -0.25) is 4.79 Å². The van der Waals surface area contributed by atoms with Gasteiger partial charge in [-0.2, -0.15) is 4.31 Å². The van der Waals surface area contributed by atoms with E-state index < -0.39 is 27.0 Å². The number of carboxylic acid groups (broad SMARTS) is 1. The summed E-state index contributed by atoms with van der Waals surface area (Å²) in [5, 5.41) is 12.0. The number of carbonyl (C=O) groups is 1. The first kappa shape index (κ1) is 21.5. The third-order valence-corrected chi connectivity index (χ3v) is 7.44. The molecule has 0 atom stereocenters. The number of benzene rings is 2. The van der Waals surface area contributed by atoms with E-state index in [4.69, 9.17) is 16.3 Å². The Bertz CT molecular complexity index is 1330. The van der Waals surface area contributed by atoms with Crippen molar-refractivity contribution in [3.8, 4) is 0 Å². The molecule has 1 aliphatic rings. The van der Waals surface area contributed by atoms with Crippen molar-refractivity contribution in [2.75, 3.05) is 26.3 Å². The fraction of sp³-hybridized carbons (Fsp3) is 0.238. The normalized spacial score (nSPS) is 15.3. The number of nitrogens with zero attached hydrogens (tertiary/aromatic N) is 2. The van der Waals surface area contributed by atoms with Crippen LogP contribution in [0.5, 0.6) is 0 Å². The van der Waals surface area contributed by atoms with Gasteiger partial charge in [0.15, 0.2) is 5.43 Å². The van der Waals surface area contributed by atoms with Crippen LogP contribution in [0.1, 0.15) is 15.9 Å². The van der Waals surface area contributed by atoms with Crippen LogP contribution in [0.15, 0.2) is 58.4 Å². The van der Waals surface area contributed by atoms with Gasteiger partial charge in [0.25, 0.3) is 0 Å². The highest BCUT2D eigenvalue weighted by Crippen LogP contribution is 2.23. The summed E-state index contributed by atoms with van der Waals surface area (Å²) in [5.74, 6) is -1.64. The molecular weight excluding hydrogens is 444 g/mol. The molecule has 0 aliphatic carbocycles. The molecule has 1 aliphatic heterocycles. The molecule has 1 aromatic heterocycles. The van der Waals surface area contributed by atoms with Gasteiger partial charge in [0.05, 0.1) is 35.2 Å². The molecule has 1 fully saturated rings. The Hall–Kier alpha value is -2.72. The van der Waals surface area contributed by atoms with Gasteiger partial charge in [-0.15, -0.1) is 0 Å². The second kappa shape index (κ2) is 8.43. The molecule has 0 N–H and O–H groups in total. The minimum absolute atomic E-state index is 0.0249. The summed E-state index contributed by atoms with van der Waals surface area (Å²) >= 11 is 6.23. The van der Waals surface area contributed by atoms with Crippen LogP contribution in [0.2, 0.25) is 5.02 Å². The van der Waals surface area contributed by atoms with Crippen molar-refractivity contribution in [1.29, 1.82) is 0 Å². The predicted octanol–water partition coefficient (Wildman–Crippen LogP) is 1.09. The molecule has 1 saturated heterocycles. The summed E-state index contributed by atoms with van der Waals surface area (Å²) in [6.07, 6.45) is 1.19. The molecule has 8 nitrogen and oxygen atoms in total. The van der Waals surface area contributed by atoms with Gasteiger partial charge in [-0.1, -0.05) is 29.8 Å². The number of aromatic carboxylic acids is 1. The third-order valence-electron chi connectivity index (χ3n) is 5.18. The standard InChI is InChI=1S/C21H19ClN2O6S/c22-18-4-2-1-3-14(18)12-23-13-17(21(26)27)20(25)16-11-15(5-6-19(16)23)31(28,29)24-7-9-30-10-8-24/h1-6,11,13H,7-10,12H2,(H,26,27)/p-1. The lowest BCUT2D eigenvalue weighted by Gasteiger charge is -2.26. The Balaban J connectivity index is 1.88. The van der Waals surface area contributed by atoms with Crippen LogP contribution in [0.4, 0.5) is 0 Å². The number of carboxylic acids is 1. The first-order valence-corrected chi connectivity index (χ1v) is 11.3. The van der Waals surface area contributed by atoms with Crippen LogP contribution in [-0.4, -0.2) is 49.6 Å². The summed E-state index contributed by atoms with van der Waals surface area (Å²) < 4.78 is 34.0. The molecule has 31 heavy (non-hydrogen) atoms. The molecule has 0 spiro atoms. The van der Waals surface area contributed by atoms with Gasteiger partial charge >= 0.3 is 0 Å². The summed E-state index contributed by atoms with van der Waals surface area (Å²) in [6, 6.07) is 11.2. The molecular formula is C21H18ClN2O6S-. The Labute approximate surface area is 183 Å². The van der Waals surface area contributed by atoms with E-state index in [1.807, 2.05) is 0 Å². The van der Waals surface area contributed by atoms with Gasteiger partial charge in [-0.25, -0.2) is 8.42 Å². The van der Waals surface area contributed by atoms with E-state index in [0.717, 1.165) is 0 Å². The van der Waals surface area contributed by atoms with Crippen LogP contribution in [-0.2, 0) is 21.3 Å². The van der Waals surface area contributed by atoms with Gasteiger partial charge in [0.1, 0.15) is 0 Å². The zero-order chi connectivity index (χ0) is 22.2. The number of sulfonamides is 1. The van der Waals surface area contributed by atoms with Crippen LogP contribution >= 0.6 is 11.6 Å². The van der Waals surface area contributed by atoms with E-state index in [9.17, 15) is 23.1 Å². The first-order valence-electron chi connectivity index (χ1n) is 9.49. The average molecular weight is 462 g/mol. The van der Waals surface area contributed by atoms with Crippen LogP contribution in [0, 0.1) is 0 Å². The number of pyridine rings is 1. The summed E-state index contributed by atoms with van der Waals surface area (Å²) in [4.78, 5) is 24.3. The molecule has 0 bridgehead atoms. The second-order valence-corrected chi connectivity index (χ2v) is 9.42. The fourth-order valence-corrected chi connectivity index (χ4v) is 5.19. The van der Waals surface area contributed by atoms with E-state index in [1.54, 1.807) is 28.8 Å². The Morgan fingerprint density at radius 1 is 1.13 bits per heavy atom. The smallest absolute Gasteiger partial charge is 0.243 e. The number of hydrogen-bond acceptors (Lipinski definition) is 6. The van der Waals surface area contributed by atoms with Crippen LogP contribution in [0.25, 0.3) is 10.9 Å². The minimum atomic E-state index is -3.86. The lowest BCUT2D eigenvalue weighted by molar-refractivity contribution is -0.255. The zero-order valence-electron chi connectivity index (χ0n) is 16.3. The molecule has 0 radical (unpaired) electrons. The SMILES string of the molecule is O=C([O-])c1cn(Cc2ccccc2Cl)c2ccc(S(=O)(=O)N3CCOCC3)cc2c1=O. The van der Waals surface area contributed by atoms with Crippen molar-refractivity contribution in [2.45, 2.75) is 11.4 Å². The van der Waals surface area contributed by atoms with Gasteiger partial charge in [-0.05, 0) is 29.8 Å². The van der Waals surface area contributed by atoms with E-state index in [-0.39, 0.29) is 43.1 Å². The third kappa shape index (κ3) is 4.09.